The van der Waals surface area contributed by atoms with Crippen molar-refractivity contribution in [2.75, 3.05) is 11.9 Å². The highest BCUT2D eigenvalue weighted by molar-refractivity contribution is 6.02. The van der Waals surface area contributed by atoms with Crippen molar-refractivity contribution in [1.29, 1.82) is 0 Å². The number of amides is 1. The van der Waals surface area contributed by atoms with Crippen molar-refractivity contribution >= 4 is 23.7 Å². The van der Waals surface area contributed by atoms with Gasteiger partial charge >= 0.3 is 11.9 Å². The van der Waals surface area contributed by atoms with Gasteiger partial charge < -0.3 is 15.2 Å². The number of benzene rings is 1. The molecule has 0 saturated heterocycles. The first kappa shape index (κ1) is 17.2. The molecule has 1 amide bonds. The van der Waals surface area contributed by atoms with Gasteiger partial charge in [-0.1, -0.05) is 18.2 Å². The molecule has 0 aliphatic heterocycles. The number of nitrogens with zero attached hydrogens (tertiary/aromatic N) is 1. The third-order valence-corrected chi connectivity index (χ3v) is 3.28. The Kier molecular flexibility index (Phi) is 5.31. The number of esters is 1. The molecule has 0 atom stereocenters. The predicted molar refractivity (Wildman–Crippen MR) is 85.0 cm³/mol. The Morgan fingerprint density at radius 1 is 1.29 bits per heavy atom. The summed E-state index contributed by atoms with van der Waals surface area (Å²) < 4.78 is 4.93. The lowest BCUT2D eigenvalue weighted by atomic mass is 10.0. The van der Waals surface area contributed by atoms with Gasteiger partial charge in [-0.3, -0.25) is 9.89 Å². The van der Waals surface area contributed by atoms with E-state index in [1.165, 1.54) is 6.07 Å². The summed E-state index contributed by atoms with van der Waals surface area (Å²) in [7, 11) is 0. The Labute approximate surface area is 137 Å². The average Bonchev–Trinajstić information content (AvgIpc) is 2.88. The maximum absolute atomic E-state index is 12.2. The second-order valence-corrected chi connectivity index (χ2v) is 4.98. The fourth-order valence-electron chi connectivity index (χ4n) is 2.20. The zero-order chi connectivity index (χ0) is 17.7. The molecule has 1 aromatic heterocycles. The number of H-pyrrole nitrogens is 1. The SMILES string of the molecule is CCOC(=O)c1c(NC(=O)Cc2ccccc2C(=O)O)n[nH]c1C. The van der Waals surface area contributed by atoms with E-state index in [0.717, 1.165) is 0 Å². The van der Waals surface area contributed by atoms with Crippen molar-refractivity contribution in [3.63, 3.8) is 0 Å². The molecule has 8 nitrogen and oxygen atoms in total. The van der Waals surface area contributed by atoms with E-state index in [2.05, 4.69) is 15.5 Å². The van der Waals surface area contributed by atoms with Crippen LogP contribution in [0.3, 0.4) is 0 Å². The molecule has 8 heteroatoms. The van der Waals surface area contributed by atoms with Crippen LogP contribution in [0.5, 0.6) is 0 Å². The van der Waals surface area contributed by atoms with E-state index < -0.39 is 17.8 Å². The molecular weight excluding hydrogens is 314 g/mol. The maximum Gasteiger partial charge on any atom is 0.343 e. The van der Waals surface area contributed by atoms with Gasteiger partial charge in [0.25, 0.3) is 0 Å². The Morgan fingerprint density at radius 3 is 2.67 bits per heavy atom. The van der Waals surface area contributed by atoms with Crippen molar-refractivity contribution in [3.05, 3.63) is 46.6 Å². The van der Waals surface area contributed by atoms with Gasteiger partial charge in [-0.05, 0) is 25.5 Å². The lowest BCUT2D eigenvalue weighted by Gasteiger charge is -2.07. The molecule has 2 rings (SSSR count). The summed E-state index contributed by atoms with van der Waals surface area (Å²) in [5, 5.41) is 18.1. The zero-order valence-corrected chi connectivity index (χ0v) is 13.3. The van der Waals surface area contributed by atoms with Gasteiger partial charge in [-0.2, -0.15) is 5.10 Å². The van der Waals surface area contributed by atoms with Crippen LogP contribution in [0.25, 0.3) is 0 Å². The molecule has 24 heavy (non-hydrogen) atoms. The Bertz CT molecular complexity index is 782. The number of rotatable bonds is 6. The minimum atomic E-state index is -1.11. The van der Waals surface area contributed by atoms with Crippen LogP contribution in [-0.2, 0) is 16.0 Å². The lowest BCUT2D eigenvalue weighted by Crippen LogP contribution is -2.19. The molecule has 0 saturated carbocycles. The topological polar surface area (TPSA) is 121 Å². The molecule has 3 N–H and O–H groups in total. The minimum absolute atomic E-state index is 0.0523. The molecule has 0 radical (unpaired) electrons. The molecule has 2 aromatic rings. The first-order chi connectivity index (χ1) is 11.4. The summed E-state index contributed by atoms with van der Waals surface area (Å²) in [4.78, 5) is 35.3. The van der Waals surface area contributed by atoms with E-state index in [9.17, 15) is 14.4 Å². The number of hydrogen-bond acceptors (Lipinski definition) is 5. The van der Waals surface area contributed by atoms with Crippen molar-refractivity contribution < 1.29 is 24.2 Å². The standard InChI is InChI=1S/C16H17N3O5/c1-3-24-16(23)13-9(2)18-19-14(13)17-12(20)8-10-6-4-5-7-11(10)15(21)22/h4-7H,3,8H2,1-2H3,(H,21,22)(H2,17,18,19,20). The number of anilines is 1. The molecule has 0 unspecified atom stereocenters. The van der Waals surface area contributed by atoms with E-state index in [0.29, 0.717) is 11.3 Å². The molecule has 0 aliphatic rings. The summed E-state index contributed by atoms with van der Waals surface area (Å²) in [5.74, 6) is -2.13. The zero-order valence-electron chi connectivity index (χ0n) is 13.3. The van der Waals surface area contributed by atoms with E-state index in [1.807, 2.05) is 0 Å². The van der Waals surface area contributed by atoms with E-state index >= 15 is 0 Å². The molecule has 126 valence electrons. The molecule has 1 aromatic carbocycles. The fraction of sp³-hybridized carbons (Fsp3) is 0.250. The second kappa shape index (κ2) is 7.40. The molecule has 0 fully saturated rings. The first-order valence-electron chi connectivity index (χ1n) is 7.27. The quantitative estimate of drug-likeness (QED) is 0.694. The van der Waals surface area contributed by atoms with Crippen LogP contribution >= 0.6 is 0 Å². The van der Waals surface area contributed by atoms with Crippen LogP contribution in [0.15, 0.2) is 24.3 Å². The van der Waals surface area contributed by atoms with Crippen LogP contribution in [0.2, 0.25) is 0 Å². The number of carboxylic acid groups (broad SMARTS) is 1. The third kappa shape index (κ3) is 3.78. The maximum atomic E-state index is 12.2. The number of aromatic carboxylic acids is 1. The van der Waals surface area contributed by atoms with Crippen molar-refractivity contribution in [2.45, 2.75) is 20.3 Å². The third-order valence-electron chi connectivity index (χ3n) is 3.28. The normalized spacial score (nSPS) is 10.2. The number of aryl methyl sites for hydroxylation is 1. The van der Waals surface area contributed by atoms with Crippen molar-refractivity contribution in [1.82, 2.24) is 10.2 Å². The second-order valence-electron chi connectivity index (χ2n) is 4.98. The summed E-state index contributed by atoms with van der Waals surface area (Å²) in [6, 6.07) is 6.22. The highest BCUT2D eigenvalue weighted by Gasteiger charge is 2.21. The van der Waals surface area contributed by atoms with Crippen molar-refractivity contribution in [2.24, 2.45) is 0 Å². The van der Waals surface area contributed by atoms with Crippen LogP contribution in [0.1, 0.15) is 38.9 Å². The summed E-state index contributed by atoms with van der Waals surface area (Å²) in [5.41, 5.74) is 1.04. The summed E-state index contributed by atoms with van der Waals surface area (Å²) >= 11 is 0. The Hall–Kier alpha value is -3.16. The first-order valence-corrected chi connectivity index (χ1v) is 7.27. The Balaban J connectivity index is 2.17. The number of aromatic amines is 1. The van der Waals surface area contributed by atoms with Crippen LogP contribution < -0.4 is 5.32 Å². The molecular formula is C16H17N3O5. The predicted octanol–water partition coefficient (Wildman–Crippen LogP) is 1.77. The van der Waals surface area contributed by atoms with E-state index in [1.54, 1.807) is 32.0 Å². The molecule has 0 aliphatic carbocycles. The highest BCUT2D eigenvalue weighted by atomic mass is 16.5. The van der Waals surface area contributed by atoms with E-state index in [4.69, 9.17) is 9.84 Å². The molecule has 0 spiro atoms. The number of nitrogens with one attached hydrogen (secondary N) is 2. The highest BCUT2D eigenvalue weighted by Crippen LogP contribution is 2.18. The van der Waals surface area contributed by atoms with Crippen molar-refractivity contribution in [3.8, 4) is 0 Å². The Morgan fingerprint density at radius 2 is 2.00 bits per heavy atom. The molecule has 1 heterocycles. The number of ether oxygens (including phenoxy) is 1. The lowest BCUT2D eigenvalue weighted by molar-refractivity contribution is -0.115. The summed E-state index contributed by atoms with van der Waals surface area (Å²) in [6.45, 7) is 3.51. The monoisotopic (exact) mass is 331 g/mol. The van der Waals surface area contributed by atoms with Gasteiger partial charge in [-0.25, -0.2) is 9.59 Å². The average molecular weight is 331 g/mol. The van der Waals surface area contributed by atoms with Gasteiger partial charge in [0, 0.05) is 5.69 Å². The van der Waals surface area contributed by atoms with Crippen LogP contribution in [0, 0.1) is 6.92 Å². The number of aromatic nitrogens is 2. The van der Waals surface area contributed by atoms with Gasteiger partial charge in [0.1, 0.15) is 5.56 Å². The number of hydrogen-bond donors (Lipinski definition) is 3. The largest absolute Gasteiger partial charge is 0.478 e. The number of carboxylic acids is 1. The number of carbonyl (C=O) groups excluding carboxylic acids is 2. The minimum Gasteiger partial charge on any atom is -0.478 e. The fourth-order valence-corrected chi connectivity index (χ4v) is 2.20. The van der Waals surface area contributed by atoms with Crippen LogP contribution in [0.4, 0.5) is 5.82 Å². The smallest absolute Gasteiger partial charge is 0.343 e. The summed E-state index contributed by atoms with van der Waals surface area (Å²) in [6.07, 6.45) is -0.156. The van der Waals surface area contributed by atoms with Gasteiger partial charge in [0.05, 0.1) is 18.6 Å². The molecule has 0 bridgehead atoms. The van der Waals surface area contributed by atoms with E-state index in [-0.39, 0.29) is 30.0 Å². The van der Waals surface area contributed by atoms with Gasteiger partial charge in [0.2, 0.25) is 5.91 Å². The number of carbonyl (C=O) groups is 3. The van der Waals surface area contributed by atoms with Crippen LogP contribution in [-0.4, -0.2) is 39.8 Å². The van der Waals surface area contributed by atoms with Gasteiger partial charge in [0.15, 0.2) is 5.82 Å². The van der Waals surface area contributed by atoms with Gasteiger partial charge in [-0.15, -0.1) is 0 Å².